The first-order chi connectivity index (χ1) is 15.4. The largest absolute Gasteiger partial charge is 0.364 e. The molecule has 5 rings (SSSR count). The van der Waals surface area contributed by atoms with Gasteiger partial charge in [-0.2, -0.15) is 0 Å². The molecule has 1 aliphatic carbocycles. The van der Waals surface area contributed by atoms with E-state index in [-0.39, 0.29) is 11.4 Å². The third-order valence-corrected chi connectivity index (χ3v) is 6.87. The quantitative estimate of drug-likeness (QED) is 0.586. The second-order valence-corrected chi connectivity index (χ2v) is 8.70. The molecule has 2 atom stereocenters. The molecule has 1 amide bonds. The summed E-state index contributed by atoms with van der Waals surface area (Å²) in [5.41, 5.74) is 2.15. The van der Waals surface area contributed by atoms with Gasteiger partial charge in [0.25, 0.3) is 5.91 Å². The Morgan fingerprint density at radius 1 is 1.31 bits per heavy atom. The number of hydrogen-bond donors (Lipinski definition) is 2. The van der Waals surface area contributed by atoms with Gasteiger partial charge in [-0.1, -0.05) is 18.3 Å². The van der Waals surface area contributed by atoms with Gasteiger partial charge in [0, 0.05) is 57.3 Å². The van der Waals surface area contributed by atoms with E-state index in [2.05, 4.69) is 31.2 Å². The highest BCUT2D eigenvalue weighted by atomic mass is 32.1. The van der Waals surface area contributed by atoms with Crippen LogP contribution in [0.1, 0.15) is 22.5 Å². The molecule has 10 heteroatoms. The van der Waals surface area contributed by atoms with Crippen LogP contribution in [0.4, 0.5) is 10.1 Å². The van der Waals surface area contributed by atoms with Gasteiger partial charge in [-0.25, -0.2) is 14.2 Å². The molecule has 2 aliphatic rings. The lowest BCUT2D eigenvalue weighted by molar-refractivity contribution is 0.0953. The molecule has 2 N–H and O–H groups in total. The number of nitrogens with zero attached hydrogens (tertiary/aromatic N) is 4. The third kappa shape index (κ3) is 3.49. The lowest BCUT2D eigenvalue weighted by Gasteiger charge is -2.35. The van der Waals surface area contributed by atoms with Crippen molar-refractivity contribution < 1.29 is 9.18 Å². The zero-order valence-corrected chi connectivity index (χ0v) is 18.6. The number of benzene rings is 1. The normalized spacial score (nSPS) is 20.3. The van der Waals surface area contributed by atoms with Crippen LogP contribution in [0.15, 0.2) is 35.3 Å². The first kappa shape index (κ1) is 20.8. The fraction of sp³-hybridized carbons (Fsp3) is 0.364. The topological polar surface area (TPSA) is 86.3 Å². The molecule has 0 bridgehead atoms. The summed E-state index contributed by atoms with van der Waals surface area (Å²) in [6.07, 6.45) is 2.57. The van der Waals surface area contributed by atoms with Crippen LogP contribution >= 0.6 is 12.2 Å². The van der Waals surface area contributed by atoms with Gasteiger partial charge in [0.15, 0.2) is 11.5 Å². The molecular weight excluding hydrogens is 431 g/mol. The molecule has 1 aliphatic heterocycles. The number of rotatable bonds is 4. The van der Waals surface area contributed by atoms with Crippen molar-refractivity contribution in [2.75, 3.05) is 25.0 Å². The fourth-order valence-electron chi connectivity index (χ4n) is 4.54. The van der Waals surface area contributed by atoms with E-state index >= 15 is 0 Å². The number of piperazine rings is 1. The number of fused-ring (bicyclic) bond motifs is 2. The van der Waals surface area contributed by atoms with Gasteiger partial charge in [0.1, 0.15) is 4.64 Å². The van der Waals surface area contributed by atoms with Crippen LogP contribution in [0.2, 0.25) is 0 Å². The summed E-state index contributed by atoms with van der Waals surface area (Å²) < 4.78 is 16.3. The number of carbonyl (C=O) groups excluding carboxylic acids is 1. The molecule has 32 heavy (non-hydrogen) atoms. The molecule has 3 aromatic rings. The van der Waals surface area contributed by atoms with Crippen LogP contribution in [0.25, 0.3) is 10.9 Å². The van der Waals surface area contributed by atoms with E-state index in [1.807, 2.05) is 12.1 Å². The number of hydrogen-bond acceptors (Lipinski definition) is 6. The summed E-state index contributed by atoms with van der Waals surface area (Å²) >= 11 is 5.38. The minimum Gasteiger partial charge on any atom is -0.364 e. The van der Waals surface area contributed by atoms with E-state index in [0.717, 1.165) is 42.5 Å². The van der Waals surface area contributed by atoms with Crippen molar-refractivity contribution in [3.05, 3.63) is 62.7 Å². The van der Waals surface area contributed by atoms with Crippen LogP contribution in [0.3, 0.4) is 0 Å². The monoisotopic (exact) mass is 454 g/mol. The highest BCUT2D eigenvalue weighted by Gasteiger charge is 2.49. The van der Waals surface area contributed by atoms with Gasteiger partial charge < -0.3 is 15.2 Å². The van der Waals surface area contributed by atoms with E-state index < -0.39 is 11.7 Å². The number of halogens is 1. The Morgan fingerprint density at radius 2 is 2.12 bits per heavy atom. The molecule has 2 fully saturated rings. The van der Waals surface area contributed by atoms with Crippen molar-refractivity contribution in [2.24, 2.45) is 7.05 Å². The molecule has 166 valence electrons. The molecule has 0 spiro atoms. The lowest BCUT2D eigenvalue weighted by atomic mass is 10.1. The number of aromatic amines is 1. The first-order valence-electron chi connectivity index (χ1n) is 10.5. The summed E-state index contributed by atoms with van der Waals surface area (Å²) in [5, 5.41) is 3.25. The summed E-state index contributed by atoms with van der Waals surface area (Å²) in [5.74, 6) is -1.14. The van der Waals surface area contributed by atoms with Crippen molar-refractivity contribution in [1.82, 2.24) is 24.8 Å². The van der Waals surface area contributed by atoms with Crippen molar-refractivity contribution in [1.29, 1.82) is 0 Å². The number of pyridine rings is 1. The summed E-state index contributed by atoms with van der Waals surface area (Å²) in [6.45, 7) is 2.34. The minimum atomic E-state index is -0.610. The SMILES string of the molecule is CNC(=O)c1ncc(N2CCN(Cc3ccc4c(=S)n(C)c(=O)[nH]c4c3)C3CC32)cc1F. The second kappa shape index (κ2) is 7.79. The number of nitrogens with one attached hydrogen (secondary N) is 2. The van der Waals surface area contributed by atoms with Crippen LogP contribution in [-0.4, -0.2) is 57.6 Å². The molecule has 1 aromatic carbocycles. The van der Waals surface area contributed by atoms with E-state index in [0.29, 0.717) is 22.4 Å². The number of anilines is 1. The highest BCUT2D eigenvalue weighted by molar-refractivity contribution is 7.71. The Kier molecular flexibility index (Phi) is 5.06. The zero-order chi connectivity index (χ0) is 22.6. The van der Waals surface area contributed by atoms with E-state index in [4.69, 9.17) is 12.2 Å². The van der Waals surface area contributed by atoms with Crippen molar-refractivity contribution in [3.8, 4) is 0 Å². The van der Waals surface area contributed by atoms with Crippen LogP contribution in [0.5, 0.6) is 0 Å². The predicted octanol–water partition coefficient (Wildman–Crippen LogP) is 1.95. The van der Waals surface area contributed by atoms with Crippen molar-refractivity contribution in [2.45, 2.75) is 25.0 Å². The average Bonchev–Trinajstić information content (AvgIpc) is 3.58. The summed E-state index contributed by atoms with van der Waals surface area (Å²) in [4.78, 5) is 35.3. The van der Waals surface area contributed by atoms with Gasteiger partial charge in [-0.3, -0.25) is 14.3 Å². The Bertz CT molecular complexity index is 1350. The lowest BCUT2D eigenvalue weighted by Crippen LogP contribution is -2.46. The molecule has 2 unspecified atom stereocenters. The standard InChI is InChI=1S/C22H23FN6O2S/c1-24-20(30)19-15(23)8-13(10-25-19)29-6-5-28(17-9-18(17)29)11-12-3-4-14-16(7-12)26-22(31)27(2)21(14)32/h3-4,7-8,10,17-18H,5-6,9,11H2,1-2H3,(H,24,30)(H,26,31). The second-order valence-electron chi connectivity index (χ2n) is 8.31. The van der Waals surface area contributed by atoms with Gasteiger partial charge in [0.05, 0.1) is 17.4 Å². The number of amides is 1. The molecule has 1 saturated carbocycles. The van der Waals surface area contributed by atoms with Crippen molar-refractivity contribution in [3.63, 3.8) is 0 Å². The maximum absolute atomic E-state index is 14.4. The van der Waals surface area contributed by atoms with Crippen molar-refractivity contribution >= 4 is 34.7 Å². The van der Waals surface area contributed by atoms with E-state index in [9.17, 15) is 14.0 Å². The van der Waals surface area contributed by atoms with Gasteiger partial charge in [-0.05, 0) is 24.1 Å². The Morgan fingerprint density at radius 3 is 2.88 bits per heavy atom. The Balaban J connectivity index is 1.31. The molecule has 3 heterocycles. The van der Waals surface area contributed by atoms with Crippen LogP contribution in [-0.2, 0) is 13.6 Å². The molecule has 0 radical (unpaired) electrons. The number of carbonyl (C=O) groups is 1. The van der Waals surface area contributed by atoms with Crippen LogP contribution < -0.4 is 15.9 Å². The molecule has 8 nitrogen and oxygen atoms in total. The number of H-pyrrole nitrogens is 1. The predicted molar refractivity (Wildman–Crippen MR) is 122 cm³/mol. The zero-order valence-electron chi connectivity index (χ0n) is 17.8. The Hall–Kier alpha value is -3.11. The fourth-order valence-corrected chi connectivity index (χ4v) is 4.80. The van der Waals surface area contributed by atoms with Gasteiger partial charge >= 0.3 is 5.69 Å². The maximum atomic E-state index is 14.4. The maximum Gasteiger partial charge on any atom is 0.326 e. The summed E-state index contributed by atoms with van der Waals surface area (Å²) in [7, 11) is 3.11. The van der Waals surface area contributed by atoms with Gasteiger partial charge in [-0.15, -0.1) is 0 Å². The smallest absolute Gasteiger partial charge is 0.326 e. The average molecular weight is 455 g/mol. The first-order valence-corrected chi connectivity index (χ1v) is 10.9. The Labute approximate surface area is 188 Å². The molecule has 2 aromatic heterocycles. The summed E-state index contributed by atoms with van der Waals surface area (Å²) in [6, 6.07) is 8.09. The van der Waals surface area contributed by atoms with Gasteiger partial charge in [0.2, 0.25) is 0 Å². The van der Waals surface area contributed by atoms with Crippen LogP contribution in [0, 0.1) is 10.5 Å². The third-order valence-electron chi connectivity index (χ3n) is 6.37. The number of aromatic nitrogens is 3. The molecular formula is C22H23FN6O2S. The molecule has 1 saturated heterocycles. The van der Waals surface area contributed by atoms with E-state index in [1.54, 1.807) is 13.2 Å². The van der Waals surface area contributed by atoms with E-state index in [1.165, 1.54) is 17.7 Å². The minimum absolute atomic E-state index is 0.188. The highest BCUT2D eigenvalue weighted by Crippen LogP contribution is 2.40.